The van der Waals surface area contributed by atoms with Crippen LogP contribution in [-0.2, 0) is 9.63 Å². The van der Waals surface area contributed by atoms with Gasteiger partial charge in [-0.15, -0.1) is 0 Å². The summed E-state index contributed by atoms with van der Waals surface area (Å²) < 4.78 is 0. The minimum atomic E-state index is -0.182. The van der Waals surface area contributed by atoms with E-state index in [2.05, 4.69) is 19.0 Å². The van der Waals surface area contributed by atoms with E-state index in [9.17, 15) is 9.90 Å². The fraction of sp³-hybridized carbons (Fsp3) is 0.905. The number of rotatable bonds is 3. The van der Waals surface area contributed by atoms with Crippen molar-refractivity contribution in [2.45, 2.75) is 71.3 Å². The zero-order valence-corrected chi connectivity index (χ0v) is 16.2. The van der Waals surface area contributed by atoms with Gasteiger partial charge in [-0.25, -0.2) is 0 Å². The lowest BCUT2D eigenvalue weighted by atomic mass is 9.45. The van der Waals surface area contributed by atoms with Gasteiger partial charge in [0.2, 0.25) is 0 Å². The van der Waals surface area contributed by atoms with E-state index in [0.29, 0.717) is 43.1 Å². The summed E-state index contributed by atoms with van der Waals surface area (Å²) >= 11 is 0. The number of hydrogen-bond donors (Lipinski definition) is 2. The molecule has 26 heavy (non-hydrogen) atoms. The van der Waals surface area contributed by atoms with Crippen molar-refractivity contribution in [3.63, 3.8) is 0 Å². The molecule has 3 N–H and O–H groups in total. The van der Waals surface area contributed by atoms with Gasteiger partial charge < -0.3 is 15.7 Å². The van der Waals surface area contributed by atoms with Crippen LogP contribution in [0.15, 0.2) is 5.16 Å². The van der Waals surface area contributed by atoms with Crippen molar-refractivity contribution in [1.82, 2.24) is 0 Å². The van der Waals surface area contributed by atoms with Crippen LogP contribution in [0.5, 0.6) is 0 Å². The zero-order valence-electron chi connectivity index (χ0n) is 16.2. The molecule has 0 aromatic heterocycles. The molecule has 0 unspecified atom stereocenters. The van der Waals surface area contributed by atoms with Gasteiger partial charge in [0.1, 0.15) is 12.4 Å². The van der Waals surface area contributed by atoms with Gasteiger partial charge in [-0.3, -0.25) is 4.79 Å². The molecule has 4 rings (SSSR count). The number of aliphatic hydroxyl groups is 1. The fourth-order valence-corrected chi connectivity index (χ4v) is 7.09. The molecule has 0 heterocycles. The van der Waals surface area contributed by atoms with Gasteiger partial charge in [-0.1, -0.05) is 19.0 Å². The number of Topliss-reactive ketones (excluding diaryl/α,β-unsaturated/α-hetero) is 1. The Kier molecular flexibility index (Phi) is 4.67. The molecule has 5 heteroatoms. The molecule has 0 spiro atoms. The van der Waals surface area contributed by atoms with E-state index in [4.69, 9.17) is 10.6 Å². The first-order valence-corrected chi connectivity index (χ1v) is 10.5. The number of carbonyl (C=O) groups excluding carboxylic acids is 1. The highest BCUT2D eigenvalue weighted by atomic mass is 16.6. The predicted molar refractivity (Wildman–Crippen MR) is 101 cm³/mol. The first kappa shape index (κ1) is 18.4. The van der Waals surface area contributed by atoms with E-state index in [-0.39, 0.29) is 22.9 Å². The van der Waals surface area contributed by atoms with Crippen LogP contribution in [-0.4, -0.2) is 35.9 Å². The van der Waals surface area contributed by atoms with Crippen molar-refractivity contribution in [3.8, 4) is 0 Å². The summed E-state index contributed by atoms with van der Waals surface area (Å²) in [5, 5.41) is 14.8. The van der Waals surface area contributed by atoms with E-state index in [1.807, 2.05) is 0 Å². The molecule has 4 aliphatic carbocycles. The molecule has 0 saturated heterocycles. The Morgan fingerprint density at radius 1 is 1.15 bits per heavy atom. The van der Waals surface area contributed by atoms with Gasteiger partial charge >= 0.3 is 0 Å². The number of ketones is 1. The van der Waals surface area contributed by atoms with Gasteiger partial charge in [0.15, 0.2) is 0 Å². The van der Waals surface area contributed by atoms with Crippen LogP contribution in [0.2, 0.25) is 0 Å². The third-order valence-electron chi connectivity index (χ3n) is 8.65. The van der Waals surface area contributed by atoms with Crippen molar-refractivity contribution in [2.75, 3.05) is 13.2 Å². The first-order chi connectivity index (χ1) is 12.4. The Morgan fingerprint density at radius 2 is 1.92 bits per heavy atom. The molecule has 0 aromatic carbocycles. The van der Waals surface area contributed by atoms with Gasteiger partial charge in [-0.05, 0) is 73.5 Å². The van der Waals surface area contributed by atoms with E-state index in [1.165, 1.54) is 0 Å². The summed E-state index contributed by atoms with van der Waals surface area (Å²) in [6, 6.07) is 0. The summed E-state index contributed by atoms with van der Waals surface area (Å²) in [6.45, 7) is 5.53. The van der Waals surface area contributed by atoms with E-state index >= 15 is 0 Å². The Bertz CT molecular complexity index is 606. The van der Waals surface area contributed by atoms with Gasteiger partial charge in [0.25, 0.3) is 0 Å². The number of hydrogen-bond acceptors (Lipinski definition) is 5. The van der Waals surface area contributed by atoms with Crippen molar-refractivity contribution >= 4 is 11.5 Å². The largest absolute Gasteiger partial charge is 0.395 e. The van der Waals surface area contributed by atoms with E-state index in [0.717, 1.165) is 50.7 Å². The monoisotopic (exact) mass is 362 g/mol. The average molecular weight is 363 g/mol. The maximum absolute atomic E-state index is 13.2. The van der Waals surface area contributed by atoms with Crippen molar-refractivity contribution in [3.05, 3.63) is 0 Å². The summed E-state index contributed by atoms with van der Waals surface area (Å²) in [4.78, 5) is 18.4. The third-order valence-corrected chi connectivity index (χ3v) is 8.65. The summed E-state index contributed by atoms with van der Waals surface area (Å²) in [5.41, 5.74) is 6.61. The number of oxime groups is 1. The molecule has 4 saturated carbocycles. The van der Waals surface area contributed by atoms with Crippen LogP contribution < -0.4 is 5.73 Å². The second-order valence-corrected chi connectivity index (χ2v) is 9.73. The predicted octanol–water partition coefficient (Wildman–Crippen LogP) is 2.90. The Hall–Kier alpha value is -0.940. The minimum absolute atomic E-state index is 0.0298. The van der Waals surface area contributed by atoms with Crippen molar-refractivity contribution in [1.29, 1.82) is 0 Å². The van der Waals surface area contributed by atoms with Crippen LogP contribution in [0.3, 0.4) is 0 Å². The van der Waals surface area contributed by atoms with Crippen molar-refractivity contribution < 1.29 is 14.7 Å². The van der Waals surface area contributed by atoms with Gasteiger partial charge in [0.05, 0.1) is 11.8 Å². The Balaban J connectivity index is 1.56. The highest BCUT2D eigenvalue weighted by molar-refractivity contribution is 5.93. The highest BCUT2D eigenvalue weighted by Crippen LogP contribution is 2.65. The summed E-state index contributed by atoms with van der Waals surface area (Å²) in [7, 11) is 0. The molecule has 0 amide bonds. The van der Waals surface area contributed by atoms with E-state index < -0.39 is 0 Å². The molecule has 5 nitrogen and oxygen atoms in total. The van der Waals surface area contributed by atoms with Gasteiger partial charge in [0, 0.05) is 18.9 Å². The Morgan fingerprint density at radius 3 is 2.69 bits per heavy atom. The van der Waals surface area contributed by atoms with Crippen LogP contribution >= 0.6 is 0 Å². The normalized spacial score (nSPS) is 49.5. The molecular weight excluding hydrogens is 328 g/mol. The maximum Gasteiger partial charge on any atom is 0.137 e. The quantitative estimate of drug-likeness (QED) is 0.597. The number of fused-ring (bicyclic) bond motifs is 5. The number of carbonyl (C=O) groups is 1. The first-order valence-electron chi connectivity index (χ1n) is 10.5. The lowest BCUT2D eigenvalue weighted by molar-refractivity contribution is -0.152. The fourth-order valence-electron chi connectivity index (χ4n) is 7.09. The SMILES string of the molecule is C[C@]12CC/C(=N\OCCN)C[C@H]1C(=O)C[C@@H]1[C@@H]2CC[C@]2(C)[C@H](O)CC[C@@H]12. The molecule has 0 aliphatic heterocycles. The maximum atomic E-state index is 13.2. The highest BCUT2D eigenvalue weighted by Gasteiger charge is 2.61. The lowest BCUT2D eigenvalue weighted by Gasteiger charge is -2.59. The topological polar surface area (TPSA) is 84.9 Å². The third kappa shape index (κ3) is 2.65. The minimum Gasteiger partial charge on any atom is -0.395 e. The standard InChI is InChI=1S/C21H34N2O3/c1-20-7-5-13(23-26-10-9-22)11-17(20)18(24)12-14-15-3-4-19(25)21(15,2)8-6-16(14)20/h14-17,19,25H,3-12,22H2,1-2H3/b23-13+/t14-,15-,16-,17-,19+,20+,21-/m0/s1. The molecule has 0 aromatic rings. The number of aliphatic hydroxyl groups excluding tert-OH is 1. The molecule has 0 radical (unpaired) electrons. The van der Waals surface area contributed by atoms with Crippen LogP contribution in [0.25, 0.3) is 0 Å². The van der Waals surface area contributed by atoms with E-state index in [1.54, 1.807) is 0 Å². The second-order valence-electron chi connectivity index (χ2n) is 9.73. The lowest BCUT2D eigenvalue weighted by Crippen LogP contribution is -2.57. The van der Waals surface area contributed by atoms with Crippen molar-refractivity contribution in [2.24, 2.45) is 45.4 Å². The zero-order chi connectivity index (χ0) is 18.5. The summed E-state index contributed by atoms with van der Waals surface area (Å²) in [5.74, 6) is 2.10. The second kappa shape index (κ2) is 6.59. The molecule has 4 fully saturated rings. The van der Waals surface area contributed by atoms with Crippen LogP contribution in [0, 0.1) is 34.5 Å². The average Bonchev–Trinajstić information content (AvgIpc) is 2.92. The number of nitrogens with two attached hydrogens (primary N) is 1. The summed E-state index contributed by atoms with van der Waals surface area (Å²) in [6.07, 6.45) is 7.50. The molecule has 4 aliphatic rings. The smallest absolute Gasteiger partial charge is 0.137 e. The number of nitrogens with zero attached hydrogens (tertiary/aromatic N) is 1. The molecule has 7 atom stereocenters. The van der Waals surface area contributed by atoms with Gasteiger partial charge in [-0.2, -0.15) is 0 Å². The van der Waals surface area contributed by atoms with Crippen LogP contribution in [0.1, 0.15) is 65.2 Å². The molecular formula is C21H34N2O3. The molecule has 146 valence electrons. The molecule has 0 bridgehead atoms. The Labute approximate surface area is 156 Å². The van der Waals surface area contributed by atoms with Crippen LogP contribution in [0.4, 0.5) is 0 Å².